The van der Waals surface area contributed by atoms with E-state index in [9.17, 15) is 9.59 Å². The van der Waals surface area contributed by atoms with Crippen molar-refractivity contribution in [2.75, 3.05) is 0 Å². The SMILES string of the molecule is CCC[C@]12CCCC=C1C(CC(=O)OC1CCCCC1)OC2=O. The number of hydrogen-bond donors (Lipinski definition) is 0. The van der Waals surface area contributed by atoms with Crippen molar-refractivity contribution in [2.24, 2.45) is 5.41 Å². The molecule has 0 spiro atoms. The van der Waals surface area contributed by atoms with Crippen molar-refractivity contribution in [1.29, 1.82) is 0 Å². The molecule has 3 aliphatic rings. The maximum atomic E-state index is 12.5. The van der Waals surface area contributed by atoms with Crippen molar-refractivity contribution in [3.8, 4) is 0 Å². The van der Waals surface area contributed by atoms with E-state index in [0.29, 0.717) is 0 Å². The zero-order valence-electron chi connectivity index (χ0n) is 14.1. The van der Waals surface area contributed by atoms with Gasteiger partial charge in [-0.3, -0.25) is 9.59 Å². The van der Waals surface area contributed by atoms with E-state index in [4.69, 9.17) is 9.47 Å². The van der Waals surface area contributed by atoms with Crippen molar-refractivity contribution < 1.29 is 19.1 Å². The highest BCUT2D eigenvalue weighted by atomic mass is 16.6. The van der Waals surface area contributed by atoms with Gasteiger partial charge < -0.3 is 9.47 Å². The number of carbonyl (C=O) groups excluding carboxylic acids is 2. The monoisotopic (exact) mass is 320 g/mol. The van der Waals surface area contributed by atoms with Crippen LogP contribution in [0, 0.1) is 5.41 Å². The third-order valence-corrected chi connectivity index (χ3v) is 5.59. The smallest absolute Gasteiger partial charge is 0.316 e. The molecular formula is C19H28O4. The number of cyclic esters (lactones) is 1. The highest BCUT2D eigenvalue weighted by molar-refractivity contribution is 5.86. The summed E-state index contributed by atoms with van der Waals surface area (Å²) in [5.74, 6) is -0.339. The molecule has 23 heavy (non-hydrogen) atoms. The molecule has 4 nitrogen and oxygen atoms in total. The minimum Gasteiger partial charge on any atom is -0.462 e. The molecule has 4 heteroatoms. The number of hydrogen-bond acceptors (Lipinski definition) is 4. The molecule has 0 aromatic rings. The van der Waals surface area contributed by atoms with Crippen LogP contribution in [0.25, 0.3) is 0 Å². The van der Waals surface area contributed by atoms with Crippen LogP contribution in [0.4, 0.5) is 0 Å². The zero-order valence-corrected chi connectivity index (χ0v) is 14.1. The molecule has 128 valence electrons. The minimum atomic E-state index is -0.456. The molecule has 0 radical (unpaired) electrons. The summed E-state index contributed by atoms with van der Waals surface area (Å²) in [5.41, 5.74) is 0.596. The van der Waals surface area contributed by atoms with E-state index < -0.39 is 11.5 Å². The van der Waals surface area contributed by atoms with Gasteiger partial charge in [0, 0.05) is 0 Å². The molecule has 1 heterocycles. The highest BCUT2D eigenvalue weighted by Gasteiger charge is 2.53. The van der Waals surface area contributed by atoms with Gasteiger partial charge in [-0.2, -0.15) is 0 Å². The Labute approximate surface area is 138 Å². The fraction of sp³-hybridized carbons (Fsp3) is 0.789. The third kappa shape index (κ3) is 3.31. The Morgan fingerprint density at radius 1 is 1.30 bits per heavy atom. The normalized spacial score (nSPS) is 31.3. The van der Waals surface area contributed by atoms with Crippen LogP contribution in [0.1, 0.15) is 77.6 Å². The largest absolute Gasteiger partial charge is 0.462 e. The van der Waals surface area contributed by atoms with Crippen molar-refractivity contribution >= 4 is 11.9 Å². The van der Waals surface area contributed by atoms with Crippen LogP contribution >= 0.6 is 0 Å². The molecule has 0 N–H and O–H groups in total. The summed E-state index contributed by atoms with van der Waals surface area (Å²) < 4.78 is 11.2. The Hall–Kier alpha value is -1.32. The molecule has 0 bridgehead atoms. The van der Waals surface area contributed by atoms with Gasteiger partial charge in [0.05, 0.1) is 11.8 Å². The number of rotatable bonds is 5. The molecule has 1 aliphatic heterocycles. The molecule has 3 rings (SSSR count). The first kappa shape index (κ1) is 16.5. The van der Waals surface area contributed by atoms with Crippen molar-refractivity contribution in [3.63, 3.8) is 0 Å². The molecular weight excluding hydrogens is 292 g/mol. The summed E-state index contributed by atoms with van der Waals surface area (Å²) in [6.45, 7) is 2.10. The van der Waals surface area contributed by atoms with Gasteiger partial charge in [-0.1, -0.05) is 25.8 Å². The average Bonchev–Trinajstić information content (AvgIpc) is 2.81. The number of esters is 2. The van der Waals surface area contributed by atoms with E-state index in [1.165, 1.54) is 6.42 Å². The second-order valence-corrected chi connectivity index (χ2v) is 7.23. The van der Waals surface area contributed by atoms with Crippen molar-refractivity contribution in [1.82, 2.24) is 0 Å². The summed E-state index contributed by atoms with van der Waals surface area (Å²) >= 11 is 0. The number of allylic oxidation sites excluding steroid dienone is 1. The Morgan fingerprint density at radius 2 is 2.09 bits per heavy atom. The Balaban J connectivity index is 1.65. The standard InChI is InChI=1S/C19H28O4/c1-2-11-19-12-7-6-10-15(19)16(23-18(19)21)13-17(20)22-14-8-4-3-5-9-14/h10,14,16H,2-9,11-13H2,1H3/t16?,19-/m0/s1. The quantitative estimate of drug-likeness (QED) is 0.566. The summed E-state index contributed by atoms with van der Waals surface area (Å²) in [7, 11) is 0. The second-order valence-electron chi connectivity index (χ2n) is 7.23. The topological polar surface area (TPSA) is 52.6 Å². The van der Waals surface area contributed by atoms with Gasteiger partial charge in [0.1, 0.15) is 12.2 Å². The fourth-order valence-electron chi connectivity index (χ4n) is 4.48. The summed E-state index contributed by atoms with van der Waals surface area (Å²) in [6, 6.07) is 0. The molecule has 2 fully saturated rings. The first-order chi connectivity index (χ1) is 11.2. The summed E-state index contributed by atoms with van der Waals surface area (Å²) in [4.78, 5) is 24.8. The molecule has 1 saturated carbocycles. The summed E-state index contributed by atoms with van der Waals surface area (Å²) in [6.07, 6.45) is 12.1. The van der Waals surface area contributed by atoms with Crippen molar-refractivity contribution in [2.45, 2.75) is 89.8 Å². The number of fused-ring (bicyclic) bond motifs is 1. The first-order valence-corrected chi connectivity index (χ1v) is 9.27. The van der Waals surface area contributed by atoms with E-state index in [2.05, 4.69) is 13.0 Å². The van der Waals surface area contributed by atoms with Gasteiger partial charge in [0.25, 0.3) is 0 Å². The highest BCUT2D eigenvalue weighted by Crippen LogP contribution is 2.50. The lowest BCUT2D eigenvalue weighted by Gasteiger charge is -2.30. The second kappa shape index (κ2) is 7.06. The molecule has 2 atom stereocenters. The lowest BCUT2D eigenvalue weighted by Crippen LogP contribution is -2.31. The first-order valence-electron chi connectivity index (χ1n) is 9.27. The molecule has 0 aromatic carbocycles. The lowest BCUT2D eigenvalue weighted by atomic mass is 9.69. The van der Waals surface area contributed by atoms with Gasteiger partial charge >= 0.3 is 11.9 Å². The number of ether oxygens (including phenoxy) is 2. The fourth-order valence-corrected chi connectivity index (χ4v) is 4.48. The third-order valence-electron chi connectivity index (χ3n) is 5.59. The number of carbonyl (C=O) groups is 2. The zero-order chi connectivity index (χ0) is 16.3. The minimum absolute atomic E-state index is 0.0640. The summed E-state index contributed by atoms with van der Waals surface area (Å²) in [5, 5.41) is 0. The van der Waals surface area contributed by atoms with E-state index in [-0.39, 0.29) is 24.5 Å². The Morgan fingerprint density at radius 3 is 2.83 bits per heavy atom. The van der Waals surface area contributed by atoms with Gasteiger partial charge in [-0.05, 0) is 56.9 Å². The van der Waals surface area contributed by atoms with Gasteiger partial charge in [0.2, 0.25) is 0 Å². The van der Waals surface area contributed by atoms with Crippen molar-refractivity contribution in [3.05, 3.63) is 11.6 Å². The van der Waals surface area contributed by atoms with E-state index in [0.717, 1.165) is 63.4 Å². The van der Waals surface area contributed by atoms with E-state index in [1.807, 2.05) is 0 Å². The maximum absolute atomic E-state index is 12.5. The van der Waals surface area contributed by atoms with Crippen LogP contribution in [0.15, 0.2) is 11.6 Å². The van der Waals surface area contributed by atoms with Crippen LogP contribution in [0.3, 0.4) is 0 Å². The predicted octanol–water partition coefficient (Wildman–Crippen LogP) is 4.07. The lowest BCUT2D eigenvalue weighted by molar-refractivity contribution is -0.156. The van der Waals surface area contributed by atoms with Gasteiger partial charge in [-0.25, -0.2) is 0 Å². The molecule has 2 aliphatic carbocycles. The van der Waals surface area contributed by atoms with Crippen LogP contribution in [0.5, 0.6) is 0 Å². The molecule has 1 unspecified atom stereocenters. The maximum Gasteiger partial charge on any atom is 0.316 e. The van der Waals surface area contributed by atoms with Gasteiger partial charge in [-0.15, -0.1) is 0 Å². The average molecular weight is 320 g/mol. The molecule has 0 aromatic heterocycles. The van der Waals surface area contributed by atoms with E-state index >= 15 is 0 Å². The van der Waals surface area contributed by atoms with Crippen LogP contribution in [-0.2, 0) is 19.1 Å². The van der Waals surface area contributed by atoms with Crippen LogP contribution in [-0.4, -0.2) is 24.1 Å². The Bertz CT molecular complexity index is 490. The van der Waals surface area contributed by atoms with Crippen LogP contribution < -0.4 is 0 Å². The molecule has 1 saturated heterocycles. The Kier molecular flexibility index (Phi) is 5.08. The van der Waals surface area contributed by atoms with Crippen LogP contribution in [0.2, 0.25) is 0 Å². The van der Waals surface area contributed by atoms with Gasteiger partial charge in [0.15, 0.2) is 0 Å². The van der Waals surface area contributed by atoms with E-state index in [1.54, 1.807) is 0 Å². The molecule has 0 amide bonds. The predicted molar refractivity (Wildman–Crippen MR) is 86.7 cm³/mol.